The van der Waals surface area contributed by atoms with E-state index in [1.807, 2.05) is 24.7 Å². The van der Waals surface area contributed by atoms with E-state index >= 15 is 0 Å². The van der Waals surface area contributed by atoms with E-state index in [4.69, 9.17) is 0 Å². The molecule has 1 aliphatic rings. The third kappa shape index (κ3) is 1.74. The molecule has 1 aliphatic heterocycles. The van der Waals surface area contributed by atoms with E-state index in [-0.39, 0.29) is 0 Å². The predicted octanol–water partition coefficient (Wildman–Crippen LogP) is 2.33. The molecular weight excluding hydrogens is 206 g/mol. The van der Waals surface area contributed by atoms with Crippen LogP contribution in [0.15, 0.2) is 24.7 Å². The standard InChI is InChI=1S/C11H13N3S/c1-4-10-11(12-5-1)14(8-13-10)7-9-3-2-6-15-9/h1,4-5,8-9H,2-3,6-7H2. The monoisotopic (exact) mass is 219 g/mol. The molecule has 0 spiro atoms. The molecule has 78 valence electrons. The SMILES string of the molecule is c1cnc2c(c1)ncn2CC1CCCS1. The van der Waals surface area contributed by atoms with E-state index in [9.17, 15) is 0 Å². The Morgan fingerprint density at radius 2 is 2.47 bits per heavy atom. The van der Waals surface area contributed by atoms with Gasteiger partial charge in [-0.25, -0.2) is 9.97 Å². The van der Waals surface area contributed by atoms with Gasteiger partial charge in [-0.3, -0.25) is 0 Å². The van der Waals surface area contributed by atoms with Gasteiger partial charge >= 0.3 is 0 Å². The number of imidazole rings is 1. The first kappa shape index (κ1) is 9.21. The van der Waals surface area contributed by atoms with Gasteiger partial charge in [-0.15, -0.1) is 0 Å². The van der Waals surface area contributed by atoms with Crippen LogP contribution in [-0.4, -0.2) is 25.5 Å². The lowest BCUT2D eigenvalue weighted by Gasteiger charge is -2.09. The van der Waals surface area contributed by atoms with E-state index in [1.54, 1.807) is 0 Å². The fourth-order valence-corrected chi connectivity index (χ4v) is 3.30. The molecule has 1 saturated heterocycles. The van der Waals surface area contributed by atoms with Crippen molar-refractivity contribution in [3.63, 3.8) is 0 Å². The summed E-state index contributed by atoms with van der Waals surface area (Å²) in [6.45, 7) is 1.05. The van der Waals surface area contributed by atoms with Gasteiger partial charge in [0.2, 0.25) is 0 Å². The fraction of sp³-hybridized carbons (Fsp3) is 0.455. The molecule has 3 nitrogen and oxygen atoms in total. The molecule has 3 heterocycles. The summed E-state index contributed by atoms with van der Waals surface area (Å²) in [5.41, 5.74) is 2.02. The number of rotatable bonds is 2. The van der Waals surface area contributed by atoms with Gasteiger partial charge < -0.3 is 4.57 Å². The lowest BCUT2D eigenvalue weighted by Crippen LogP contribution is -2.09. The number of aromatic nitrogens is 3. The highest BCUT2D eigenvalue weighted by molar-refractivity contribution is 8.00. The molecule has 2 aromatic heterocycles. The molecule has 0 radical (unpaired) electrons. The average Bonchev–Trinajstić information content (AvgIpc) is 2.89. The first-order valence-corrected chi connectivity index (χ1v) is 6.36. The zero-order valence-electron chi connectivity index (χ0n) is 8.47. The predicted molar refractivity (Wildman–Crippen MR) is 63.0 cm³/mol. The summed E-state index contributed by atoms with van der Waals surface area (Å²) in [6, 6.07) is 3.95. The summed E-state index contributed by atoms with van der Waals surface area (Å²) in [5.74, 6) is 1.31. The minimum absolute atomic E-state index is 0.754. The van der Waals surface area contributed by atoms with Crippen molar-refractivity contribution >= 4 is 22.9 Å². The Labute approximate surface area is 92.9 Å². The number of hydrogen-bond acceptors (Lipinski definition) is 3. The Morgan fingerprint density at radius 3 is 3.33 bits per heavy atom. The van der Waals surface area contributed by atoms with Crippen LogP contribution in [0, 0.1) is 0 Å². The number of hydrogen-bond donors (Lipinski definition) is 0. The van der Waals surface area contributed by atoms with Gasteiger partial charge in [0, 0.05) is 18.0 Å². The Morgan fingerprint density at radius 1 is 1.47 bits per heavy atom. The molecule has 4 heteroatoms. The number of thioether (sulfide) groups is 1. The molecule has 1 unspecified atom stereocenters. The molecule has 15 heavy (non-hydrogen) atoms. The zero-order chi connectivity index (χ0) is 10.1. The van der Waals surface area contributed by atoms with Crippen molar-refractivity contribution < 1.29 is 0 Å². The maximum atomic E-state index is 4.37. The smallest absolute Gasteiger partial charge is 0.159 e. The molecule has 3 rings (SSSR count). The second-order valence-corrected chi connectivity index (χ2v) is 5.29. The van der Waals surface area contributed by atoms with Crippen LogP contribution in [-0.2, 0) is 6.54 Å². The summed E-state index contributed by atoms with van der Waals surface area (Å²) in [5, 5.41) is 0.754. The van der Waals surface area contributed by atoms with Gasteiger partial charge in [-0.1, -0.05) is 0 Å². The largest absolute Gasteiger partial charge is 0.314 e. The van der Waals surface area contributed by atoms with Gasteiger partial charge in [0.05, 0.1) is 6.33 Å². The molecule has 1 fully saturated rings. The molecule has 0 saturated carbocycles. The topological polar surface area (TPSA) is 30.7 Å². The van der Waals surface area contributed by atoms with E-state index in [0.29, 0.717) is 0 Å². The average molecular weight is 219 g/mol. The molecular formula is C11H13N3S. The van der Waals surface area contributed by atoms with E-state index < -0.39 is 0 Å². The van der Waals surface area contributed by atoms with Crippen LogP contribution in [0.5, 0.6) is 0 Å². The normalized spacial score (nSPS) is 21.2. The summed E-state index contributed by atoms with van der Waals surface area (Å²) in [4.78, 5) is 8.73. The Balaban J connectivity index is 1.90. The molecule has 0 aromatic carbocycles. The quantitative estimate of drug-likeness (QED) is 0.776. The number of fused-ring (bicyclic) bond motifs is 1. The maximum absolute atomic E-state index is 4.37. The highest BCUT2D eigenvalue weighted by Gasteiger charge is 2.17. The Kier molecular flexibility index (Phi) is 2.37. The van der Waals surface area contributed by atoms with Crippen molar-refractivity contribution in [1.29, 1.82) is 0 Å². The molecule has 2 aromatic rings. The van der Waals surface area contributed by atoms with Crippen LogP contribution in [0.2, 0.25) is 0 Å². The Hall–Kier alpha value is -1.03. The summed E-state index contributed by atoms with van der Waals surface area (Å²) in [6.07, 6.45) is 6.44. The van der Waals surface area contributed by atoms with Crippen molar-refractivity contribution in [3.05, 3.63) is 24.7 Å². The van der Waals surface area contributed by atoms with Gasteiger partial charge in [-0.05, 0) is 30.7 Å². The lowest BCUT2D eigenvalue weighted by atomic mass is 10.2. The molecule has 1 atom stereocenters. The lowest BCUT2D eigenvalue weighted by molar-refractivity contribution is 0.648. The fourth-order valence-electron chi connectivity index (χ4n) is 2.04. The first-order valence-electron chi connectivity index (χ1n) is 5.31. The molecule has 0 aliphatic carbocycles. The first-order chi connectivity index (χ1) is 7.43. The third-order valence-electron chi connectivity index (χ3n) is 2.80. The van der Waals surface area contributed by atoms with Crippen LogP contribution in [0.4, 0.5) is 0 Å². The van der Waals surface area contributed by atoms with Crippen molar-refractivity contribution in [2.24, 2.45) is 0 Å². The van der Waals surface area contributed by atoms with Gasteiger partial charge in [0.25, 0.3) is 0 Å². The summed E-state index contributed by atoms with van der Waals surface area (Å²) >= 11 is 2.07. The highest BCUT2D eigenvalue weighted by atomic mass is 32.2. The number of pyridine rings is 1. The summed E-state index contributed by atoms with van der Waals surface area (Å²) in [7, 11) is 0. The van der Waals surface area contributed by atoms with Gasteiger partial charge in [0.1, 0.15) is 5.52 Å². The van der Waals surface area contributed by atoms with Gasteiger partial charge in [-0.2, -0.15) is 11.8 Å². The van der Waals surface area contributed by atoms with Crippen LogP contribution < -0.4 is 0 Å². The second kappa shape index (κ2) is 3.85. The van der Waals surface area contributed by atoms with Crippen LogP contribution in [0.1, 0.15) is 12.8 Å². The van der Waals surface area contributed by atoms with Gasteiger partial charge in [0.15, 0.2) is 5.65 Å². The van der Waals surface area contributed by atoms with Crippen molar-refractivity contribution in [2.75, 3.05) is 5.75 Å². The molecule has 0 N–H and O–H groups in total. The number of nitrogens with zero attached hydrogens (tertiary/aromatic N) is 3. The molecule has 0 amide bonds. The van der Waals surface area contributed by atoms with Crippen molar-refractivity contribution in [2.45, 2.75) is 24.6 Å². The minimum atomic E-state index is 0.754. The maximum Gasteiger partial charge on any atom is 0.159 e. The van der Waals surface area contributed by atoms with Crippen LogP contribution in [0.3, 0.4) is 0 Å². The minimum Gasteiger partial charge on any atom is -0.314 e. The zero-order valence-corrected chi connectivity index (χ0v) is 9.28. The van der Waals surface area contributed by atoms with Crippen molar-refractivity contribution in [3.8, 4) is 0 Å². The molecule has 0 bridgehead atoms. The summed E-state index contributed by atoms with van der Waals surface area (Å²) < 4.78 is 2.18. The van der Waals surface area contributed by atoms with Crippen LogP contribution in [0.25, 0.3) is 11.2 Å². The third-order valence-corrected chi connectivity index (χ3v) is 4.18. The van der Waals surface area contributed by atoms with E-state index in [1.165, 1.54) is 18.6 Å². The van der Waals surface area contributed by atoms with E-state index in [2.05, 4.69) is 26.3 Å². The van der Waals surface area contributed by atoms with Crippen molar-refractivity contribution in [1.82, 2.24) is 14.5 Å². The van der Waals surface area contributed by atoms with Crippen LogP contribution >= 0.6 is 11.8 Å². The Bertz CT molecular complexity index is 460. The second-order valence-electron chi connectivity index (χ2n) is 3.88. The highest BCUT2D eigenvalue weighted by Crippen LogP contribution is 2.28. The van der Waals surface area contributed by atoms with E-state index in [0.717, 1.165) is 23.0 Å².